The van der Waals surface area contributed by atoms with Gasteiger partial charge < -0.3 is 10.5 Å². The lowest BCUT2D eigenvalue weighted by molar-refractivity contribution is 0.100. The molecule has 0 unspecified atom stereocenters. The van der Waals surface area contributed by atoms with Gasteiger partial charge in [-0.2, -0.15) is 5.10 Å². The minimum Gasteiger partial charge on any atom is -0.496 e. The smallest absolute Gasteiger partial charge is 0.249 e. The van der Waals surface area contributed by atoms with Gasteiger partial charge in [0.2, 0.25) is 5.91 Å². The van der Waals surface area contributed by atoms with E-state index in [1.807, 2.05) is 0 Å². The molecule has 27 heavy (non-hydrogen) atoms. The highest BCUT2D eigenvalue weighted by atomic mass is 19.1. The molecule has 134 valence electrons. The minimum absolute atomic E-state index is 0.261. The predicted molar refractivity (Wildman–Crippen MR) is 99.8 cm³/mol. The second kappa shape index (κ2) is 6.53. The van der Waals surface area contributed by atoms with Crippen LogP contribution in [0, 0.1) is 5.82 Å². The molecule has 1 amide bonds. The molecule has 0 saturated carbocycles. The van der Waals surface area contributed by atoms with E-state index in [0.29, 0.717) is 39.2 Å². The number of fused-ring (bicyclic) bond motifs is 1. The number of benzene rings is 2. The molecular formula is C20H15FN4O2. The number of pyridine rings is 1. The first kappa shape index (κ1) is 16.7. The van der Waals surface area contributed by atoms with E-state index in [0.717, 1.165) is 0 Å². The lowest BCUT2D eigenvalue weighted by Crippen LogP contribution is -2.12. The summed E-state index contributed by atoms with van der Waals surface area (Å²) in [5.41, 5.74) is 8.29. The summed E-state index contributed by atoms with van der Waals surface area (Å²) < 4.78 is 19.7. The molecule has 0 aliphatic carbocycles. The van der Waals surface area contributed by atoms with Crippen molar-refractivity contribution in [2.24, 2.45) is 5.73 Å². The maximum Gasteiger partial charge on any atom is 0.249 e. The molecule has 0 saturated heterocycles. The zero-order chi connectivity index (χ0) is 19.0. The number of nitrogens with zero attached hydrogens (tertiary/aromatic N) is 2. The number of halogens is 1. The standard InChI is InChI=1S/C20H15FN4O2/c1-27-17-8-4-7-14(21)18(17)15-9-13-16(10-23-15)24-25-19(13)11-5-2-3-6-12(11)20(22)26/h2-10H,1H3,(H2,22,26)(H,24,25). The molecule has 0 fully saturated rings. The maximum atomic E-state index is 14.4. The molecule has 3 N–H and O–H groups in total. The van der Waals surface area contributed by atoms with Gasteiger partial charge in [0, 0.05) is 16.5 Å². The van der Waals surface area contributed by atoms with Gasteiger partial charge in [0.25, 0.3) is 0 Å². The fourth-order valence-electron chi connectivity index (χ4n) is 3.09. The normalized spacial score (nSPS) is 10.9. The molecule has 6 nitrogen and oxygen atoms in total. The Morgan fingerprint density at radius 2 is 2.00 bits per heavy atom. The first-order valence-electron chi connectivity index (χ1n) is 8.16. The number of ether oxygens (including phenoxy) is 1. The van der Waals surface area contributed by atoms with Crippen LogP contribution in [-0.2, 0) is 0 Å². The summed E-state index contributed by atoms with van der Waals surface area (Å²) in [5, 5.41) is 7.89. The number of carbonyl (C=O) groups excluding carboxylic acids is 1. The van der Waals surface area contributed by atoms with E-state index in [1.165, 1.54) is 13.2 Å². The Morgan fingerprint density at radius 3 is 2.78 bits per heavy atom. The van der Waals surface area contributed by atoms with Crippen LogP contribution >= 0.6 is 0 Å². The Balaban J connectivity index is 1.96. The van der Waals surface area contributed by atoms with Crippen molar-refractivity contribution >= 4 is 16.8 Å². The fourth-order valence-corrected chi connectivity index (χ4v) is 3.09. The molecule has 4 aromatic rings. The summed E-state index contributed by atoms with van der Waals surface area (Å²) in [4.78, 5) is 16.1. The number of nitrogens with one attached hydrogen (secondary N) is 1. The highest BCUT2D eigenvalue weighted by Gasteiger charge is 2.18. The van der Waals surface area contributed by atoms with Gasteiger partial charge in [-0.05, 0) is 24.3 Å². The molecule has 0 aliphatic rings. The average Bonchev–Trinajstić information content (AvgIpc) is 3.10. The van der Waals surface area contributed by atoms with Crippen molar-refractivity contribution in [3.63, 3.8) is 0 Å². The van der Waals surface area contributed by atoms with Gasteiger partial charge in [0.15, 0.2) is 0 Å². The van der Waals surface area contributed by atoms with Crippen LogP contribution in [0.1, 0.15) is 10.4 Å². The molecule has 0 atom stereocenters. The highest BCUT2D eigenvalue weighted by Crippen LogP contribution is 2.35. The number of aromatic nitrogens is 3. The molecule has 0 spiro atoms. The van der Waals surface area contributed by atoms with Crippen molar-refractivity contribution in [3.8, 4) is 28.3 Å². The third-order valence-corrected chi connectivity index (χ3v) is 4.35. The lowest BCUT2D eigenvalue weighted by Gasteiger charge is -2.09. The molecule has 4 rings (SSSR count). The first-order valence-corrected chi connectivity index (χ1v) is 8.16. The predicted octanol–water partition coefficient (Wildman–Crippen LogP) is 3.54. The quantitative estimate of drug-likeness (QED) is 0.581. The average molecular weight is 362 g/mol. The van der Waals surface area contributed by atoms with Gasteiger partial charge in [0.1, 0.15) is 17.3 Å². The van der Waals surface area contributed by atoms with Crippen LogP contribution in [0.2, 0.25) is 0 Å². The number of nitrogens with two attached hydrogens (primary N) is 1. The van der Waals surface area contributed by atoms with Crippen molar-refractivity contribution in [2.75, 3.05) is 7.11 Å². The molecular weight excluding hydrogens is 347 g/mol. The largest absolute Gasteiger partial charge is 0.496 e. The van der Waals surface area contributed by atoms with Crippen molar-refractivity contribution in [1.29, 1.82) is 0 Å². The van der Waals surface area contributed by atoms with Crippen LogP contribution in [0.3, 0.4) is 0 Å². The Kier molecular flexibility index (Phi) is 4.04. The van der Waals surface area contributed by atoms with Crippen LogP contribution in [0.4, 0.5) is 4.39 Å². The van der Waals surface area contributed by atoms with Gasteiger partial charge in [0.05, 0.1) is 30.1 Å². The summed E-state index contributed by atoms with van der Waals surface area (Å²) in [5.74, 6) is -0.611. The third-order valence-electron chi connectivity index (χ3n) is 4.35. The number of amides is 1. The van der Waals surface area contributed by atoms with Crippen LogP contribution in [0.25, 0.3) is 33.4 Å². The summed E-state index contributed by atoms with van der Waals surface area (Å²) in [6, 6.07) is 13.2. The number of rotatable bonds is 4. The van der Waals surface area contributed by atoms with E-state index in [9.17, 15) is 9.18 Å². The third kappa shape index (κ3) is 2.79. The van der Waals surface area contributed by atoms with E-state index in [2.05, 4.69) is 15.2 Å². The minimum atomic E-state index is -0.549. The Hall–Kier alpha value is -3.74. The molecule has 0 aliphatic heterocycles. The van der Waals surface area contributed by atoms with Crippen LogP contribution in [0.15, 0.2) is 54.7 Å². The van der Waals surface area contributed by atoms with Gasteiger partial charge in [-0.25, -0.2) is 4.39 Å². The lowest BCUT2D eigenvalue weighted by atomic mass is 10.0. The van der Waals surface area contributed by atoms with Gasteiger partial charge in [-0.15, -0.1) is 0 Å². The van der Waals surface area contributed by atoms with Gasteiger partial charge in [-0.1, -0.05) is 24.3 Å². The van der Waals surface area contributed by atoms with Crippen molar-refractivity contribution in [1.82, 2.24) is 15.2 Å². The topological polar surface area (TPSA) is 93.9 Å². The first-order chi connectivity index (χ1) is 13.1. The van der Waals surface area contributed by atoms with Crippen molar-refractivity contribution in [3.05, 3.63) is 66.1 Å². The highest BCUT2D eigenvalue weighted by molar-refractivity contribution is 6.04. The monoisotopic (exact) mass is 362 g/mol. The molecule has 7 heteroatoms. The second-order valence-corrected chi connectivity index (χ2v) is 5.91. The Labute approximate surface area is 153 Å². The van der Waals surface area contributed by atoms with Crippen LogP contribution in [0.5, 0.6) is 5.75 Å². The number of carbonyl (C=O) groups is 1. The summed E-state index contributed by atoms with van der Waals surface area (Å²) in [6.07, 6.45) is 1.57. The van der Waals surface area contributed by atoms with E-state index in [4.69, 9.17) is 10.5 Å². The zero-order valence-corrected chi connectivity index (χ0v) is 14.4. The molecule has 2 aromatic carbocycles. The Bertz CT molecular complexity index is 1170. The number of H-pyrrole nitrogens is 1. The number of aromatic amines is 1. The van der Waals surface area contributed by atoms with Crippen LogP contribution in [-0.4, -0.2) is 28.2 Å². The summed E-state index contributed by atoms with van der Waals surface area (Å²) in [6.45, 7) is 0. The molecule has 2 heterocycles. The zero-order valence-electron chi connectivity index (χ0n) is 14.4. The van der Waals surface area contributed by atoms with Crippen LogP contribution < -0.4 is 10.5 Å². The van der Waals surface area contributed by atoms with Crippen molar-refractivity contribution in [2.45, 2.75) is 0 Å². The van der Waals surface area contributed by atoms with E-state index >= 15 is 0 Å². The van der Waals surface area contributed by atoms with Gasteiger partial charge >= 0.3 is 0 Å². The summed E-state index contributed by atoms with van der Waals surface area (Å²) >= 11 is 0. The second-order valence-electron chi connectivity index (χ2n) is 5.91. The number of hydrogen-bond acceptors (Lipinski definition) is 4. The molecule has 2 aromatic heterocycles. The van der Waals surface area contributed by atoms with Gasteiger partial charge in [-0.3, -0.25) is 14.9 Å². The number of methoxy groups -OCH3 is 1. The molecule has 0 radical (unpaired) electrons. The summed E-state index contributed by atoms with van der Waals surface area (Å²) in [7, 11) is 1.48. The van der Waals surface area contributed by atoms with Crippen molar-refractivity contribution < 1.29 is 13.9 Å². The van der Waals surface area contributed by atoms with E-state index < -0.39 is 11.7 Å². The van der Waals surface area contributed by atoms with E-state index in [-0.39, 0.29) is 5.56 Å². The molecule has 0 bridgehead atoms. The SMILES string of the molecule is COc1cccc(F)c1-c1cc2c(-c3ccccc3C(N)=O)n[nH]c2cn1. The maximum absolute atomic E-state index is 14.4. The fraction of sp³-hybridized carbons (Fsp3) is 0.0500. The Morgan fingerprint density at radius 1 is 1.19 bits per heavy atom. The number of hydrogen-bond donors (Lipinski definition) is 2. The van der Waals surface area contributed by atoms with E-state index in [1.54, 1.807) is 48.7 Å². The number of primary amides is 1.